The zero-order valence-corrected chi connectivity index (χ0v) is 19.2. The quantitative estimate of drug-likeness (QED) is 0.561. The number of aliphatic hydroxyl groups excluding tert-OH is 1. The first-order valence-corrected chi connectivity index (χ1v) is 11.1. The Bertz CT molecular complexity index is 1250. The molecule has 1 amide bonds. The van der Waals surface area contributed by atoms with E-state index in [1.165, 1.54) is 24.3 Å². The average Bonchev–Trinajstić information content (AvgIpc) is 2.88. The van der Waals surface area contributed by atoms with Crippen molar-refractivity contribution in [2.75, 3.05) is 38.3 Å². The molecule has 7 nitrogen and oxygen atoms in total. The average molecular weight is 463 g/mol. The minimum Gasteiger partial charge on any atom is -0.382 e. The third-order valence-corrected chi connectivity index (χ3v) is 6.03. The molecule has 3 aromatic rings. The first-order chi connectivity index (χ1) is 16.4. The molecule has 4 rings (SSSR count). The Kier molecular flexibility index (Phi) is 7.00. The fourth-order valence-corrected chi connectivity index (χ4v) is 4.15. The number of allylic oxidation sites excluding steroid dienone is 1. The van der Waals surface area contributed by atoms with Gasteiger partial charge in [-0.3, -0.25) is 4.79 Å². The van der Waals surface area contributed by atoms with Crippen LogP contribution in [0.4, 0.5) is 10.1 Å². The number of ether oxygens (including phenoxy) is 1. The number of aliphatic hydroxyl groups is 1. The Balaban J connectivity index is 1.72. The van der Waals surface area contributed by atoms with E-state index in [1.807, 2.05) is 18.2 Å². The number of hydrogen-bond donors (Lipinski definition) is 1. The zero-order chi connectivity index (χ0) is 24.2. The fraction of sp³-hybridized carbons (Fsp3) is 0.269. The zero-order valence-electron chi connectivity index (χ0n) is 19.2. The monoisotopic (exact) mass is 462 g/mol. The number of likely N-dealkylation sites (N-methyl/N-ethyl adjacent to an activating group) is 1. The maximum absolute atomic E-state index is 14.8. The van der Waals surface area contributed by atoms with E-state index >= 15 is 0 Å². The predicted octanol–water partition coefficient (Wildman–Crippen LogP) is 3.85. The second kappa shape index (κ2) is 10.1. The van der Waals surface area contributed by atoms with Crippen LogP contribution in [0.3, 0.4) is 0 Å². The van der Waals surface area contributed by atoms with Crippen molar-refractivity contribution < 1.29 is 19.0 Å². The molecule has 34 heavy (non-hydrogen) atoms. The normalized spacial score (nSPS) is 15.3. The maximum atomic E-state index is 14.8. The predicted molar refractivity (Wildman–Crippen MR) is 130 cm³/mol. The van der Waals surface area contributed by atoms with Crippen LogP contribution in [-0.4, -0.2) is 59.2 Å². The minimum atomic E-state index is -1.35. The minimum absolute atomic E-state index is 0.0472. The molecule has 1 N–H and O–H groups in total. The Labute approximate surface area is 197 Å². The van der Waals surface area contributed by atoms with E-state index in [-0.39, 0.29) is 11.3 Å². The summed E-state index contributed by atoms with van der Waals surface area (Å²) in [6, 6.07) is 10.5. The molecule has 1 unspecified atom stereocenters. The molecule has 0 radical (unpaired) electrons. The number of fused-ring (bicyclic) bond motifs is 1. The van der Waals surface area contributed by atoms with Crippen LogP contribution in [0.15, 0.2) is 67.2 Å². The van der Waals surface area contributed by atoms with Gasteiger partial charge in [-0.1, -0.05) is 12.7 Å². The maximum Gasteiger partial charge on any atom is 0.249 e. The summed E-state index contributed by atoms with van der Waals surface area (Å²) in [6.45, 7) is 8.16. The van der Waals surface area contributed by atoms with Crippen LogP contribution in [0.2, 0.25) is 0 Å². The Morgan fingerprint density at radius 3 is 2.71 bits per heavy atom. The van der Waals surface area contributed by atoms with Gasteiger partial charge in [-0.2, -0.15) is 0 Å². The summed E-state index contributed by atoms with van der Waals surface area (Å²) in [4.78, 5) is 24.4. The molecule has 1 aliphatic heterocycles. The van der Waals surface area contributed by atoms with E-state index < -0.39 is 17.8 Å². The number of hydrogen-bond acceptors (Lipinski definition) is 6. The fourth-order valence-electron chi connectivity index (χ4n) is 4.15. The SMILES string of the molecule is C=CC(=O)N(C)/C(=C\C)C(O)c1cc(-c2ncnc3cc(N4CCOCC4)ccc23)ccc1F. The van der Waals surface area contributed by atoms with E-state index in [4.69, 9.17) is 4.74 Å². The van der Waals surface area contributed by atoms with Crippen molar-refractivity contribution in [3.05, 3.63) is 78.5 Å². The number of amides is 1. The van der Waals surface area contributed by atoms with Crippen LogP contribution >= 0.6 is 0 Å². The summed E-state index contributed by atoms with van der Waals surface area (Å²) in [5, 5.41) is 11.8. The lowest BCUT2D eigenvalue weighted by Crippen LogP contribution is -2.36. The largest absolute Gasteiger partial charge is 0.382 e. The highest BCUT2D eigenvalue weighted by atomic mass is 19.1. The number of carbonyl (C=O) groups excluding carboxylic acids is 1. The molecule has 0 saturated carbocycles. The number of benzene rings is 2. The summed E-state index contributed by atoms with van der Waals surface area (Å²) >= 11 is 0. The van der Waals surface area contributed by atoms with E-state index in [0.717, 1.165) is 35.8 Å². The number of morpholine rings is 1. The molecule has 0 aliphatic carbocycles. The lowest BCUT2D eigenvalue weighted by molar-refractivity contribution is -0.123. The van der Waals surface area contributed by atoms with Gasteiger partial charge in [0.1, 0.15) is 18.2 Å². The molecule has 8 heteroatoms. The summed E-state index contributed by atoms with van der Waals surface area (Å²) in [7, 11) is 1.51. The third-order valence-electron chi connectivity index (χ3n) is 6.03. The smallest absolute Gasteiger partial charge is 0.249 e. The Hall–Kier alpha value is -3.62. The lowest BCUT2D eigenvalue weighted by atomic mass is 9.98. The second-order valence-corrected chi connectivity index (χ2v) is 7.98. The van der Waals surface area contributed by atoms with Gasteiger partial charge in [0, 0.05) is 48.0 Å². The summed E-state index contributed by atoms with van der Waals surface area (Å²) in [5.41, 5.74) is 3.39. The van der Waals surface area contributed by atoms with Gasteiger partial charge in [-0.25, -0.2) is 14.4 Å². The highest BCUT2D eigenvalue weighted by molar-refractivity contribution is 5.94. The van der Waals surface area contributed by atoms with Crippen molar-refractivity contribution >= 4 is 22.5 Å². The molecule has 1 aromatic heterocycles. The first-order valence-electron chi connectivity index (χ1n) is 11.1. The van der Waals surface area contributed by atoms with E-state index in [0.29, 0.717) is 24.5 Å². The summed E-state index contributed by atoms with van der Waals surface area (Å²) < 4.78 is 20.2. The standard InChI is InChI=1S/C26H27FN4O3/c1-4-23(30(3)24(32)5-2)26(33)20-14-17(6-9-21(20)27)25-19-8-7-18(15-22(19)28-16-29-25)31-10-12-34-13-11-31/h4-9,14-16,26,33H,2,10-13H2,1,3H3/b23-4-. The van der Waals surface area contributed by atoms with Gasteiger partial charge < -0.3 is 19.6 Å². The first kappa shape index (κ1) is 23.5. The second-order valence-electron chi connectivity index (χ2n) is 7.98. The molecule has 2 heterocycles. The number of aromatic nitrogens is 2. The van der Waals surface area contributed by atoms with Crippen LogP contribution in [-0.2, 0) is 9.53 Å². The Morgan fingerprint density at radius 2 is 2.00 bits per heavy atom. The van der Waals surface area contributed by atoms with Crippen LogP contribution in [0, 0.1) is 5.82 Å². The molecular weight excluding hydrogens is 435 g/mol. The van der Waals surface area contributed by atoms with Gasteiger partial charge in [-0.15, -0.1) is 0 Å². The van der Waals surface area contributed by atoms with Crippen molar-refractivity contribution in [2.24, 2.45) is 0 Å². The van der Waals surface area contributed by atoms with E-state index in [9.17, 15) is 14.3 Å². The van der Waals surface area contributed by atoms with Gasteiger partial charge >= 0.3 is 0 Å². The number of nitrogens with zero attached hydrogens (tertiary/aromatic N) is 4. The van der Waals surface area contributed by atoms with Crippen LogP contribution in [0.1, 0.15) is 18.6 Å². The van der Waals surface area contributed by atoms with Crippen molar-refractivity contribution in [3.8, 4) is 11.3 Å². The van der Waals surface area contributed by atoms with Crippen molar-refractivity contribution in [3.63, 3.8) is 0 Å². The number of anilines is 1. The number of rotatable bonds is 6. The van der Waals surface area contributed by atoms with Crippen LogP contribution in [0.25, 0.3) is 22.2 Å². The lowest BCUT2D eigenvalue weighted by Gasteiger charge is -2.29. The molecule has 0 bridgehead atoms. The molecule has 1 atom stereocenters. The van der Waals surface area contributed by atoms with Gasteiger partial charge in [-0.05, 0) is 49.4 Å². The summed E-state index contributed by atoms with van der Waals surface area (Å²) in [6.07, 6.45) is 2.85. The molecule has 2 aromatic carbocycles. The highest BCUT2D eigenvalue weighted by Gasteiger charge is 2.23. The summed E-state index contributed by atoms with van der Waals surface area (Å²) in [5.74, 6) is -0.982. The third kappa shape index (κ3) is 4.55. The molecule has 176 valence electrons. The van der Waals surface area contributed by atoms with E-state index in [1.54, 1.807) is 25.1 Å². The molecule has 1 aliphatic rings. The van der Waals surface area contributed by atoms with Crippen molar-refractivity contribution in [2.45, 2.75) is 13.0 Å². The van der Waals surface area contributed by atoms with E-state index in [2.05, 4.69) is 21.4 Å². The number of carbonyl (C=O) groups is 1. The Morgan fingerprint density at radius 1 is 1.24 bits per heavy atom. The highest BCUT2D eigenvalue weighted by Crippen LogP contribution is 2.33. The van der Waals surface area contributed by atoms with Crippen molar-refractivity contribution in [1.29, 1.82) is 0 Å². The van der Waals surface area contributed by atoms with Crippen LogP contribution < -0.4 is 4.90 Å². The molecule has 0 spiro atoms. The van der Waals surface area contributed by atoms with Gasteiger partial charge in [0.05, 0.1) is 24.4 Å². The van der Waals surface area contributed by atoms with Crippen molar-refractivity contribution in [1.82, 2.24) is 14.9 Å². The molecule has 1 fully saturated rings. The molecular formula is C26H27FN4O3. The van der Waals surface area contributed by atoms with Gasteiger partial charge in [0.15, 0.2) is 0 Å². The van der Waals surface area contributed by atoms with Crippen LogP contribution in [0.5, 0.6) is 0 Å². The number of halogens is 1. The van der Waals surface area contributed by atoms with Gasteiger partial charge in [0.2, 0.25) is 5.91 Å². The molecule has 1 saturated heterocycles. The van der Waals surface area contributed by atoms with Gasteiger partial charge in [0.25, 0.3) is 0 Å². The topological polar surface area (TPSA) is 78.8 Å².